The highest BCUT2D eigenvalue weighted by Gasteiger charge is 2.14. The molecule has 0 aliphatic carbocycles. The zero-order valence-electron chi connectivity index (χ0n) is 9.60. The van der Waals surface area contributed by atoms with Gasteiger partial charge in [0, 0.05) is 19.8 Å². The second-order valence-electron chi connectivity index (χ2n) is 3.45. The monoisotopic (exact) mass is 246 g/mol. The first kappa shape index (κ1) is 13.1. The summed E-state index contributed by atoms with van der Waals surface area (Å²) in [5.41, 5.74) is 0. The van der Waals surface area contributed by atoms with Crippen LogP contribution in [0.2, 0.25) is 0 Å². The number of sulfonamides is 1. The van der Waals surface area contributed by atoms with E-state index >= 15 is 0 Å². The molecule has 2 N–H and O–H groups in total. The predicted molar refractivity (Wildman–Crippen MR) is 61.6 cm³/mol. The minimum Gasteiger partial charge on any atom is -0.317 e. The summed E-state index contributed by atoms with van der Waals surface area (Å²) in [5, 5.41) is 6.95. The molecule has 1 aromatic heterocycles. The molecule has 0 amide bonds. The van der Waals surface area contributed by atoms with Crippen LogP contribution in [0.3, 0.4) is 0 Å². The van der Waals surface area contributed by atoms with Crippen LogP contribution in [0.4, 0.5) is 0 Å². The van der Waals surface area contributed by atoms with Crippen LogP contribution in [-0.2, 0) is 17.1 Å². The molecular formula is C9H18N4O2S. The van der Waals surface area contributed by atoms with Crippen LogP contribution in [-0.4, -0.2) is 37.8 Å². The van der Waals surface area contributed by atoms with Gasteiger partial charge in [-0.2, -0.15) is 5.10 Å². The Labute approximate surface area is 96.1 Å². The van der Waals surface area contributed by atoms with E-state index in [0.29, 0.717) is 6.54 Å². The summed E-state index contributed by atoms with van der Waals surface area (Å²) < 4.78 is 27.4. The Morgan fingerprint density at radius 2 is 2.19 bits per heavy atom. The number of rotatable bonds is 7. The summed E-state index contributed by atoms with van der Waals surface area (Å²) in [6, 6.07) is 0. The lowest BCUT2D eigenvalue weighted by atomic mass is 10.4. The summed E-state index contributed by atoms with van der Waals surface area (Å²) in [6.45, 7) is 4.16. The summed E-state index contributed by atoms with van der Waals surface area (Å²) in [4.78, 5) is 0.207. The Kier molecular flexibility index (Phi) is 4.91. The van der Waals surface area contributed by atoms with E-state index in [1.807, 2.05) is 6.92 Å². The number of hydrogen-bond acceptors (Lipinski definition) is 4. The summed E-state index contributed by atoms with van der Waals surface area (Å²) in [5.74, 6) is 0. The molecule has 0 saturated heterocycles. The third kappa shape index (κ3) is 3.92. The van der Waals surface area contributed by atoms with Crippen molar-refractivity contribution in [1.29, 1.82) is 0 Å². The lowest BCUT2D eigenvalue weighted by Gasteiger charge is -2.04. The SMILES string of the molecule is CCNCCCNS(=O)(=O)c1cnn(C)c1. The van der Waals surface area contributed by atoms with E-state index in [4.69, 9.17) is 0 Å². The van der Waals surface area contributed by atoms with Gasteiger partial charge in [-0.25, -0.2) is 13.1 Å². The van der Waals surface area contributed by atoms with Gasteiger partial charge in [0.05, 0.1) is 6.20 Å². The molecule has 1 aromatic rings. The van der Waals surface area contributed by atoms with Gasteiger partial charge < -0.3 is 5.32 Å². The number of aromatic nitrogens is 2. The normalized spacial score (nSPS) is 11.9. The fourth-order valence-electron chi connectivity index (χ4n) is 1.22. The molecule has 0 unspecified atom stereocenters. The van der Waals surface area contributed by atoms with Crippen molar-refractivity contribution in [1.82, 2.24) is 19.8 Å². The molecule has 92 valence electrons. The Morgan fingerprint density at radius 3 is 2.75 bits per heavy atom. The van der Waals surface area contributed by atoms with Gasteiger partial charge in [0.25, 0.3) is 0 Å². The summed E-state index contributed by atoms with van der Waals surface area (Å²) in [6.07, 6.45) is 3.59. The van der Waals surface area contributed by atoms with Crippen LogP contribution >= 0.6 is 0 Å². The summed E-state index contributed by atoms with van der Waals surface area (Å²) >= 11 is 0. The Hall–Kier alpha value is -0.920. The number of hydrogen-bond donors (Lipinski definition) is 2. The van der Waals surface area contributed by atoms with Crippen molar-refractivity contribution in [2.24, 2.45) is 7.05 Å². The molecule has 0 saturated carbocycles. The Bertz CT molecular complexity index is 413. The molecule has 0 atom stereocenters. The van der Waals surface area contributed by atoms with Crippen LogP contribution in [0.1, 0.15) is 13.3 Å². The minimum atomic E-state index is -3.39. The van der Waals surface area contributed by atoms with Crippen molar-refractivity contribution in [3.05, 3.63) is 12.4 Å². The molecule has 0 fully saturated rings. The molecular weight excluding hydrogens is 228 g/mol. The van der Waals surface area contributed by atoms with Gasteiger partial charge in [0.2, 0.25) is 10.0 Å². The first-order chi connectivity index (χ1) is 7.56. The van der Waals surface area contributed by atoms with Crippen molar-refractivity contribution in [3.8, 4) is 0 Å². The highest BCUT2D eigenvalue weighted by molar-refractivity contribution is 7.89. The quantitative estimate of drug-likeness (QED) is 0.648. The number of aryl methyl sites for hydroxylation is 1. The van der Waals surface area contributed by atoms with Crippen LogP contribution in [0.25, 0.3) is 0 Å². The third-order valence-electron chi connectivity index (χ3n) is 2.06. The van der Waals surface area contributed by atoms with Gasteiger partial charge in [0.15, 0.2) is 0 Å². The fraction of sp³-hybridized carbons (Fsp3) is 0.667. The van der Waals surface area contributed by atoms with Crippen molar-refractivity contribution in [2.45, 2.75) is 18.2 Å². The standard InChI is InChI=1S/C9H18N4O2S/c1-3-10-5-4-6-12-16(14,15)9-7-11-13(2)8-9/h7-8,10,12H,3-6H2,1-2H3. The second kappa shape index (κ2) is 5.97. The maximum atomic E-state index is 11.7. The average Bonchev–Trinajstić information content (AvgIpc) is 2.65. The van der Waals surface area contributed by atoms with Crippen LogP contribution in [0.15, 0.2) is 17.3 Å². The van der Waals surface area contributed by atoms with E-state index < -0.39 is 10.0 Å². The summed E-state index contributed by atoms with van der Waals surface area (Å²) in [7, 11) is -1.70. The lowest BCUT2D eigenvalue weighted by molar-refractivity contribution is 0.575. The van der Waals surface area contributed by atoms with Crippen molar-refractivity contribution in [2.75, 3.05) is 19.6 Å². The first-order valence-corrected chi connectivity index (χ1v) is 6.73. The zero-order valence-corrected chi connectivity index (χ0v) is 10.4. The van der Waals surface area contributed by atoms with Crippen LogP contribution in [0.5, 0.6) is 0 Å². The Balaban J connectivity index is 2.41. The predicted octanol–water partition coefficient (Wildman–Crippen LogP) is -0.302. The smallest absolute Gasteiger partial charge is 0.243 e. The third-order valence-corrected chi connectivity index (χ3v) is 3.48. The van der Waals surface area contributed by atoms with Crippen molar-refractivity contribution in [3.63, 3.8) is 0 Å². The zero-order chi connectivity index (χ0) is 12.0. The van der Waals surface area contributed by atoms with Gasteiger partial charge in [-0.05, 0) is 19.5 Å². The lowest BCUT2D eigenvalue weighted by Crippen LogP contribution is -2.27. The van der Waals surface area contributed by atoms with E-state index in [9.17, 15) is 8.42 Å². The molecule has 6 nitrogen and oxygen atoms in total. The molecule has 7 heteroatoms. The Morgan fingerprint density at radius 1 is 1.44 bits per heavy atom. The second-order valence-corrected chi connectivity index (χ2v) is 5.22. The topological polar surface area (TPSA) is 76.0 Å². The molecule has 1 heterocycles. The average molecular weight is 246 g/mol. The van der Waals surface area contributed by atoms with Gasteiger partial charge >= 0.3 is 0 Å². The highest BCUT2D eigenvalue weighted by atomic mass is 32.2. The fourth-order valence-corrected chi connectivity index (χ4v) is 2.27. The van der Waals surface area contributed by atoms with Crippen molar-refractivity contribution >= 4 is 10.0 Å². The van der Waals surface area contributed by atoms with E-state index in [1.54, 1.807) is 7.05 Å². The number of nitrogens with one attached hydrogen (secondary N) is 2. The van der Waals surface area contributed by atoms with Gasteiger partial charge in [-0.3, -0.25) is 4.68 Å². The molecule has 0 aromatic carbocycles. The van der Waals surface area contributed by atoms with E-state index in [1.165, 1.54) is 17.1 Å². The molecule has 0 aliphatic rings. The molecule has 1 rings (SSSR count). The van der Waals surface area contributed by atoms with Gasteiger partial charge in [-0.15, -0.1) is 0 Å². The molecule has 0 aliphatic heterocycles. The van der Waals surface area contributed by atoms with Gasteiger partial charge in [-0.1, -0.05) is 6.92 Å². The van der Waals surface area contributed by atoms with E-state index in [0.717, 1.165) is 19.5 Å². The highest BCUT2D eigenvalue weighted by Crippen LogP contribution is 2.05. The van der Waals surface area contributed by atoms with E-state index in [2.05, 4.69) is 15.1 Å². The maximum absolute atomic E-state index is 11.7. The maximum Gasteiger partial charge on any atom is 0.243 e. The van der Waals surface area contributed by atoms with Gasteiger partial charge in [0.1, 0.15) is 4.90 Å². The molecule has 0 radical (unpaired) electrons. The molecule has 0 spiro atoms. The van der Waals surface area contributed by atoms with Crippen LogP contribution in [0, 0.1) is 0 Å². The van der Waals surface area contributed by atoms with E-state index in [-0.39, 0.29) is 4.90 Å². The van der Waals surface area contributed by atoms with Crippen LogP contribution < -0.4 is 10.0 Å². The first-order valence-electron chi connectivity index (χ1n) is 5.25. The van der Waals surface area contributed by atoms with Crippen molar-refractivity contribution < 1.29 is 8.42 Å². The molecule has 16 heavy (non-hydrogen) atoms. The molecule has 0 bridgehead atoms. The minimum absolute atomic E-state index is 0.207. The number of nitrogens with zero attached hydrogens (tertiary/aromatic N) is 2. The largest absolute Gasteiger partial charge is 0.317 e.